The maximum atomic E-state index is 14.1. The van der Waals surface area contributed by atoms with Crippen LogP contribution < -0.4 is 0 Å². The summed E-state index contributed by atoms with van der Waals surface area (Å²) in [6.07, 6.45) is -1.42. The van der Waals surface area contributed by atoms with E-state index < -0.39 is 29.6 Å². The van der Waals surface area contributed by atoms with Crippen molar-refractivity contribution < 1.29 is 37.0 Å². The van der Waals surface area contributed by atoms with E-state index in [1.165, 1.54) is 31.2 Å². The molecule has 2 aromatic rings. The number of carbonyl (C=O) groups excluding carboxylic acids is 2. The van der Waals surface area contributed by atoms with Crippen LogP contribution in [0.3, 0.4) is 0 Å². The summed E-state index contributed by atoms with van der Waals surface area (Å²) in [5, 5.41) is 0. The highest BCUT2D eigenvalue weighted by Crippen LogP contribution is 2.44. The second-order valence-electron chi connectivity index (χ2n) is 7.80. The molecule has 8 heteroatoms. The number of rotatable bonds is 8. The van der Waals surface area contributed by atoms with Gasteiger partial charge < -0.3 is 14.2 Å². The zero-order chi connectivity index (χ0) is 24.1. The van der Waals surface area contributed by atoms with Crippen LogP contribution in [0.1, 0.15) is 24.0 Å². The highest BCUT2D eigenvalue weighted by Gasteiger charge is 2.64. The highest BCUT2D eigenvalue weighted by molar-refractivity contribution is 5.82. The molecule has 0 saturated heterocycles. The topological polar surface area (TPSA) is 61.8 Å². The lowest BCUT2D eigenvalue weighted by atomic mass is 9.82. The van der Waals surface area contributed by atoms with Gasteiger partial charge in [-0.05, 0) is 5.56 Å². The summed E-state index contributed by atoms with van der Waals surface area (Å²) in [6.45, 7) is 1.13. The number of methoxy groups -OCH3 is 1. The molecule has 1 aliphatic carbocycles. The van der Waals surface area contributed by atoms with Crippen molar-refractivity contribution >= 4 is 11.9 Å². The van der Waals surface area contributed by atoms with Crippen LogP contribution in [-0.2, 0) is 29.4 Å². The van der Waals surface area contributed by atoms with Gasteiger partial charge in [0.1, 0.15) is 0 Å². The molecule has 1 aliphatic rings. The Hall–Kier alpha value is -3.13. The van der Waals surface area contributed by atoms with E-state index in [9.17, 15) is 22.8 Å². The number of carbonyl (C=O) groups is 2. The predicted octanol–water partition coefficient (Wildman–Crippen LogP) is 4.78. The molecule has 0 aliphatic heterocycles. The van der Waals surface area contributed by atoms with E-state index in [0.29, 0.717) is 0 Å². The van der Waals surface area contributed by atoms with Crippen molar-refractivity contribution in [3.8, 4) is 0 Å². The van der Waals surface area contributed by atoms with Crippen LogP contribution in [0.25, 0.3) is 0 Å². The van der Waals surface area contributed by atoms with E-state index in [1.54, 1.807) is 12.1 Å². The first-order chi connectivity index (χ1) is 15.7. The number of esters is 2. The molecule has 0 N–H and O–H groups in total. The van der Waals surface area contributed by atoms with Crippen molar-refractivity contribution in [1.29, 1.82) is 0 Å². The van der Waals surface area contributed by atoms with E-state index >= 15 is 0 Å². The second kappa shape index (κ2) is 10.2. The first-order valence-electron chi connectivity index (χ1n) is 10.4. The van der Waals surface area contributed by atoms with Crippen molar-refractivity contribution in [3.63, 3.8) is 0 Å². The lowest BCUT2D eigenvalue weighted by molar-refractivity contribution is -0.276. The maximum Gasteiger partial charge on any atom is 0.432 e. The molecule has 0 saturated carbocycles. The Bertz CT molecular complexity index is 975. The zero-order valence-corrected chi connectivity index (χ0v) is 18.2. The first kappa shape index (κ1) is 24.5. The summed E-state index contributed by atoms with van der Waals surface area (Å²) in [4.78, 5) is 24.2. The molecule has 4 atom stereocenters. The minimum absolute atomic E-state index is 0.115. The molecule has 0 aromatic heterocycles. The Morgan fingerprint density at radius 1 is 0.848 bits per heavy atom. The molecule has 0 radical (unpaired) electrons. The van der Waals surface area contributed by atoms with Gasteiger partial charge in [0.15, 0.2) is 0 Å². The largest absolute Gasteiger partial charge is 0.465 e. The van der Waals surface area contributed by atoms with Crippen molar-refractivity contribution in [2.75, 3.05) is 20.3 Å². The minimum Gasteiger partial charge on any atom is -0.465 e. The molecular formula is C25H25F3O5. The third-order valence-electron chi connectivity index (χ3n) is 5.77. The van der Waals surface area contributed by atoms with Crippen molar-refractivity contribution in [2.45, 2.75) is 24.6 Å². The first-order valence-corrected chi connectivity index (χ1v) is 10.4. The number of hydrogen-bond acceptors (Lipinski definition) is 5. The molecule has 2 aromatic carbocycles. The van der Waals surface area contributed by atoms with Gasteiger partial charge in [-0.25, -0.2) is 4.79 Å². The second-order valence-corrected chi connectivity index (χ2v) is 7.80. The highest BCUT2D eigenvalue weighted by atomic mass is 19.4. The zero-order valence-electron chi connectivity index (χ0n) is 18.2. The molecule has 0 heterocycles. The molecule has 0 bridgehead atoms. The number of halogens is 3. The van der Waals surface area contributed by atoms with Crippen LogP contribution in [-0.4, -0.2) is 38.4 Å². The van der Waals surface area contributed by atoms with E-state index in [4.69, 9.17) is 14.2 Å². The minimum atomic E-state index is -5.04. The van der Waals surface area contributed by atoms with Crippen LogP contribution in [0.5, 0.6) is 0 Å². The molecule has 176 valence electrons. The lowest BCUT2D eigenvalue weighted by Gasteiger charge is -2.33. The van der Waals surface area contributed by atoms with E-state index in [0.717, 1.165) is 12.7 Å². The Morgan fingerprint density at radius 3 is 1.85 bits per heavy atom. The van der Waals surface area contributed by atoms with Gasteiger partial charge in [-0.1, -0.05) is 72.8 Å². The van der Waals surface area contributed by atoms with Gasteiger partial charge in [0.2, 0.25) is 0 Å². The lowest BCUT2D eigenvalue weighted by Crippen LogP contribution is -2.52. The van der Waals surface area contributed by atoms with Gasteiger partial charge in [0, 0.05) is 37.4 Å². The summed E-state index contributed by atoms with van der Waals surface area (Å²) >= 11 is 0. The van der Waals surface area contributed by atoms with Gasteiger partial charge in [-0.15, -0.1) is 0 Å². The molecular weight excluding hydrogens is 437 g/mol. The fraction of sp³-hybridized carbons (Fsp3) is 0.360. The Balaban J connectivity index is 1.83. The van der Waals surface area contributed by atoms with Crippen molar-refractivity contribution in [1.82, 2.24) is 0 Å². The van der Waals surface area contributed by atoms with Gasteiger partial charge >= 0.3 is 18.1 Å². The monoisotopic (exact) mass is 462 g/mol. The quantitative estimate of drug-likeness (QED) is 0.417. The van der Waals surface area contributed by atoms with Crippen LogP contribution in [0, 0.1) is 11.8 Å². The summed E-state index contributed by atoms with van der Waals surface area (Å²) in [6, 6.07) is 16.0. The average Bonchev–Trinajstić information content (AvgIpc) is 3.20. The number of alkyl halides is 3. The summed E-state index contributed by atoms with van der Waals surface area (Å²) in [7, 11) is 0.832. The smallest absolute Gasteiger partial charge is 0.432 e. The predicted molar refractivity (Wildman–Crippen MR) is 114 cm³/mol. The van der Waals surface area contributed by atoms with E-state index in [1.807, 2.05) is 36.4 Å². The molecule has 5 nitrogen and oxygen atoms in total. The van der Waals surface area contributed by atoms with Crippen molar-refractivity contribution in [2.24, 2.45) is 11.8 Å². The molecule has 0 amide bonds. The molecule has 0 unspecified atom stereocenters. The Labute approximate surface area is 190 Å². The SMILES string of the molecule is CO[C@@](C(=O)OC[C@H]1C=C[C@@H](COC(C)=O)[C@@H]1c1ccccc1)(c1ccccc1)C(F)(F)F. The van der Waals surface area contributed by atoms with Gasteiger partial charge in [0.05, 0.1) is 13.2 Å². The van der Waals surface area contributed by atoms with Gasteiger partial charge in [-0.3, -0.25) is 4.79 Å². The third-order valence-corrected chi connectivity index (χ3v) is 5.77. The number of benzene rings is 2. The van der Waals surface area contributed by atoms with Crippen LogP contribution in [0.4, 0.5) is 13.2 Å². The average molecular weight is 462 g/mol. The summed E-state index contributed by atoms with van der Waals surface area (Å²) < 4.78 is 57.5. The van der Waals surface area contributed by atoms with Crippen LogP contribution in [0.15, 0.2) is 72.8 Å². The fourth-order valence-electron chi connectivity index (χ4n) is 4.20. The number of hydrogen-bond donors (Lipinski definition) is 0. The van der Waals surface area contributed by atoms with E-state index in [2.05, 4.69) is 0 Å². The molecule has 33 heavy (non-hydrogen) atoms. The maximum absolute atomic E-state index is 14.1. The normalized spacial score (nSPS) is 21.9. The Kier molecular flexibility index (Phi) is 7.58. The van der Waals surface area contributed by atoms with Crippen LogP contribution >= 0.6 is 0 Å². The van der Waals surface area contributed by atoms with Gasteiger partial charge in [0.25, 0.3) is 5.60 Å². The third kappa shape index (κ3) is 5.11. The summed E-state index contributed by atoms with van der Waals surface area (Å²) in [5.41, 5.74) is -2.70. The van der Waals surface area contributed by atoms with Gasteiger partial charge in [-0.2, -0.15) is 13.2 Å². The molecule has 3 rings (SSSR count). The van der Waals surface area contributed by atoms with E-state index in [-0.39, 0.29) is 30.6 Å². The van der Waals surface area contributed by atoms with Crippen molar-refractivity contribution in [3.05, 3.63) is 83.9 Å². The van der Waals surface area contributed by atoms with Crippen LogP contribution in [0.2, 0.25) is 0 Å². The summed E-state index contributed by atoms with van der Waals surface area (Å²) in [5.74, 6) is -2.81. The molecule has 0 fully saturated rings. The number of ether oxygens (including phenoxy) is 3. The molecule has 0 spiro atoms. The Morgan fingerprint density at radius 2 is 1.36 bits per heavy atom. The standard InChI is InChI=1S/C25H25F3O5/c1-17(29)32-15-19-13-14-20(22(19)18-9-5-3-6-10-18)16-33-23(30)24(31-2,25(26,27)28)21-11-7-4-8-12-21/h3-14,19-20,22H,15-16H2,1-2H3/t19-,20+,22-,24+/m0/s1. The fourth-order valence-corrected chi connectivity index (χ4v) is 4.20.